The first kappa shape index (κ1) is 29.5. The van der Waals surface area contributed by atoms with Crippen LogP contribution in [0.1, 0.15) is 22.8 Å². The van der Waals surface area contributed by atoms with Gasteiger partial charge in [-0.15, -0.1) is 0 Å². The SMILES string of the molecule is Fc1ccc(-c2c3nc(c(-c4ccccc4)c4ccc([nH]4)c(-c4ccc(F)cc4)c4nc(c(-c5ccccc5)c5ccc2[nH]5)C=C4)C=C3)cc1. The molecule has 50 heavy (non-hydrogen) atoms. The average molecular weight is 651 g/mol. The van der Waals surface area contributed by atoms with E-state index in [-0.39, 0.29) is 11.6 Å². The highest BCUT2D eigenvalue weighted by Gasteiger charge is 2.19. The minimum absolute atomic E-state index is 0.303. The zero-order valence-corrected chi connectivity index (χ0v) is 26.7. The first-order chi connectivity index (χ1) is 24.6. The number of halogens is 2. The van der Waals surface area contributed by atoms with Gasteiger partial charge in [0.15, 0.2) is 0 Å². The number of nitrogens with zero attached hydrogens (tertiary/aromatic N) is 2. The van der Waals surface area contributed by atoms with E-state index in [0.29, 0.717) is 0 Å². The second-order valence-electron chi connectivity index (χ2n) is 12.2. The Hall–Kier alpha value is -6.66. The van der Waals surface area contributed by atoms with E-state index in [9.17, 15) is 8.78 Å². The lowest BCUT2D eigenvalue weighted by atomic mass is 10.0. The van der Waals surface area contributed by atoms with Crippen LogP contribution in [0, 0.1) is 11.6 Å². The minimum Gasteiger partial charge on any atom is -0.354 e. The Balaban J connectivity index is 1.47. The molecular weight excluding hydrogens is 623 g/mol. The van der Waals surface area contributed by atoms with Crippen LogP contribution >= 0.6 is 0 Å². The van der Waals surface area contributed by atoms with E-state index in [2.05, 4.69) is 46.4 Å². The highest BCUT2D eigenvalue weighted by atomic mass is 19.1. The van der Waals surface area contributed by atoms with Gasteiger partial charge in [-0.05, 0) is 95.1 Å². The molecule has 2 aliphatic rings. The Labute approximate surface area is 286 Å². The summed E-state index contributed by atoms with van der Waals surface area (Å²) in [6.45, 7) is 0. The summed E-state index contributed by atoms with van der Waals surface area (Å²) in [6.07, 6.45) is 8.09. The highest BCUT2D eigenvalue weighted by Crippen LogP contribution is 2.38. The van der Waals surface area contributed by atoms with Crippen molar-refractivity contribution >= 4 is 46.4 Å². The molecule has 5 heterocycles. The smallest absolute Gasteiger partial charge is 0.123 e. The molecule has 0 saturated carbocycles. The summed E-state index contributed by atoms with van der Waals surface area (Å²) in [6, 6.07) is 41.6. The molecule has 2 aliphatic heterocycles. The number of benzene rings is 4. The van der Waals surface area contributed by atoms with Gasteiger partial charge >= 0.3 is 0 Å². The van der Waals surface area contributed by atoms with E-state index in [0.717, 1.165) is 89.4 Å². The van der Waals surface area contributed by atoms with Crippen molar-refractivity contribution in [3.05, 3.63) is 168 Å². The summed E-state index contributed by atoms with van der Waals surface area (Å²) in [4.78, 5) is 17.9. The summed E-state index contributed by atoms with van der Waals surface area (Å²) in [5.41, 5.74) is 13.7. The van der Waals surface area contributed by atoms with Crippen LogP contribution in [0.25, 0.3) is 90.9 Å². The van der Waals surface area contributed by atoms with Crippen molar-refractivity contribution < 1.29 is 8.78 Å². The van der Waals surface area contributed by atoms with Crippen molar-refractivity contribution in [2.24, 2.45) is 0 Å². The Morgan fingerprint density at radius 3 is 0.900 bits per heavy atom. The largest absolute Gasteiger partial charge is 0.354 e. The summed E-state index contributed by atoms with van der Waals surface area (Å²) in [5.74, 6) is -0.606. The topological polar surface area (TPSA) is 57.4 Å². The number of hydrogen-bond acceptors (Lipinski definition) is 2. The van der Waals surface area contributed by atoms with Crippen molar-refractivity contribution in [1.82, 2.24) is 19.9 Å². The molecule has 8 bridgehead atoms. The van der Waals surface area contributed by atoms with E-state index >= 15 is 0 Å². The van der Waals surface area contributed by atoms with E-state index in [1.165, 1.54) is 24.3 Å². The van der Waals surface area contributed by atoms with Crippen LogP contribution in [-0.2, 0) is 0 Å². The molecule has 9 rings (SSSR count). The van der Waals surface area contributed by atoms with E-state index in [1.807, 2.05) is 72.8 Å². The number of H-pyrrole nitrogens is 2. The quantitative estimate of drug-likeness (QED) is 0.199. The maximum absolute atomic E-state index is 14.2. The van der Waals surface area contributed by atoms with Gasteiger partial charge in [-0.3, -0.25) is 0 Å². The molecule has 0 radical (unpaired) electrons. The fourth-order valence-corrected chi connectivity index (χ4v) is 6.86. The van der Waals surface area contributed by atoms with Gasteiger partial charge in [0.1, 0.15) is 11.6 Å². The molecule has 4 aromatic carbocycles. The molecule has 0 amide bonds. The molecule has 0 saturated heterocycles. The first-order valence-corrected chi connectivity index (χ1v) is 16.4. The molecule has 2 N–H and O–H groups in total. The average Bonchev–Trinajstić information content (AvgIpc) is 3.98. The zero-order valence-electron chi connectivity index (χ0n) is 26.7. The van der Waals surface area contributed by atoms with Gasteiger partial charge < -0.3 is 9.97 Å². The summed E-state index contributed by atoms with van der Waals surface area (Å²) >= 11 is 0. The van der Waals surface area contributed by atoms with Crippen LogP contribution in [0.2, 0.25) is 0 Å². The Morgan fingerprint density at radius 1 is 0.320 bits per heavy atom. The molecule has 238 valence electrons. The first-order valence-electron chi connectivity index (χ1n) is 16.4. The van der Waals surface area contributed by atoms with E-state index in [4.69, 9.17) is 9.97 Å². The van der Waals surface area contributed by atoms with Gasteiger partial charge in [0.05, 0.1) is 22.8 Å². The number of aromatic amines is 2. The van der Waals surface area contributed by atoms with Crippen LogP contribution < -0.4 is 0 Å². The lowest BCUT2D eigenvalue weighted by molar-refractivity contribution is 0.627. The maximum atomic E-state index is 14.2. The highest BCUT2D eigenvalue weighted by molar-refractivity contribution is 5.99. The molecule has 0 fully saturated rings. The van der Waals surface area contributed by atoms with Crippen LogP contribution in [0.3, 0.4) is 0 Å². The summed E-state index contributed by atoms with van der Waals surface area (Å²) in [5, 5.41) is 0. The molecule has 6 heteroatoms. The number of fused-ring (bicyclic) bond motifs is 8. The second kappa shape index (κ2) is 12.1. The third-order valence-electron chi connectivity index (χ3n) is 9.14. The number of hydrogen-bond donors (Lipinski definition) is 2. The number of rotatable bonds is 4. The van der Waals surface area contributed by atoms with Gasteiger partial charge in [0.25, 0.3) is 0 Å². The predicted octanol–water partition coefficient (Wildman–Crippen LogP) is 11.6. The Bertz CT molecular complexity index is 2450. The Morgan fingerprint density at radius 2 is 0.600 bits per heavy atom. The molecule has 0 unspecified atom stereocenters. The van der Waals surface area contributed by atoms with Gasteiger partial charge in [-0.25, -0.2) is 18.7 Å². The maximum Gasteiger partial charge on any atom is 0.123 e. The molecule has 4 nitrogen and oxygen atoms in total. The minimum atomic E-state index is -0.303. The third kappa shape index (κ3) is 5.24. The van der Waals surface area contributed by atoms with Crippen molar-refractivity contribution in [2.45, 2.75) is 0 Å². The van der Waals surface area contributed by atoms with E-state index in [1.54, 1.807) is 24.3 Å². The van der Waals surface area contributed by atoms with Crippen molar-refractivity contribution in [2.75, 3.05) is 0 Å². The normalized spacial score (nSPS) is 12.0. The summed E-state index contributed by atoms with van der Waals surface area (Å²) < 4.78 is 28.4. The van der Waals surface area contributed by atoms with Crippen LogP contribution in [0.4, 0.5) is 8.78 Å². The zero-order chi connectivity index (χ0) is 33.6. The van der Waals surface area contributed by atoms with E-state index < -0.39 is 0 Å². The van der Waals surface area contributed by atoms with Gasteiger partial charge in [-0.2, -0.15) is 0 Å². The number of nitrogens with one attached hydrogen (secondary N) is 2. The second-order valence-corrected chi connectivity index (χ2v) is 12.2. The van der Waals surface area contributed by atoms with Crippen LogP contribution in [0.15, 0.2) is 133 Å². The monoisotopic (exact) mass is 650 g/mol. The molecular formula is C44H28F2N4. The van der Waals surface area contributed by atoms with Gasteiger partial charge in [0.2, 0.25) is 0 Å². The standard InChI is InChI=1S/C44H28F2N4/c45-31-15-11-29(12-16-31)43-37-23-19-33(47-37)41(27-7-3-1-4-8-27)34-20-24-38(48-34)44(30-13-17-32(46)18-14-30)40-26-22-36(50-40)42(28-9-5-2-6-10-28)35-21-25-39(43)49-35/h1-26,47,50H. The van der Waals surface area contributed by atoms with Gasteiger partial charge in [0, 0.05) is 44.3 Å². The molecule has 0 spiro atoms. The van der Waals surface area contributed by atoms with Gasteiger partial charge in [-0.1, -0.05) is 84.9 Å². The molecule has 0 atom stereocenters. The van der Waals surface area contributed by atoms with Crippen molar-refractivity contribution in [3.63, 3.8) is 0 Å². The summed E-state index contributed by atoms with van der Waals surface area (Å²) in [7, 11) is 0. The molecule has 7 aromatic rings. The fourth-order valence-electron chi connectivity index (χ4n) is 6.86. The Kier molecular flexibility index (Phi) is 7.13. The lowest BCUT2D eigenvalue weighted by Gasteiger charge is -2.07. The molecule has 0 aliphatic carbocycles. The van der Waals surface area contributed by atoms with Crippen molar-refractivity contribution in [3.8, 4) is 44.5 Å². The predicted molar refractivity (Wildman–Crippen MR) is 201 cm³/mol. The molecule has 3 aromatic heterocycles. The van der Waals surface area contributed by atoms with Crippen LogP contribution in [-0.4, -0.2) is 19.9 Å². The fraction of sp³-hybridized carbons (Fsp3) is 0. The number of aromatic nitrogens is 4. The van der Waals surface area contributed by atoms with Crippen LogP contribution in [0.5, 0.6) is 0 Å². The lowest BCUT2D eigenvalue weighted by Crippen LogP contribution is -1.90. The van der Waals surface area contributed by atoms with Crippen molar-refractivity contribution in [1.29, 1.82) is 0 Å². The third-order valence-corrected chi connectivity index (χ3v) is 9.14.